The van der Waals surface area contributed by atoms with Crippen molar-refractivity contribution in [2.45, 2.75) is 32.8 Å². The summed E-state index contributed by atoms with van der Waals surface area (Å²) in [6.07, 6.45) is -0.501. The second-order valence-corrected chi connectivity index (χ2v) is 7.52. The zero-order chi connectivity index (χ0) is 20.6. The van der Waals surface area contributed by atoms with Crippen LogP contribution in [0, 0.1) is 0 Å². The van der Waals surface area contributed by atoms with Gasteiger partial charge < -0.3 is 25.0 Å². The molecule has 0 unspecified atom stereocenters. The van der Waals surface area contributed by atoms with Crippen molar-refractivity contribution in [2.24, 2.45) is 0 Å². The molecule has 0 radical (unpaired) electrons. The number of carbonyl (C=O) groups excluding carboxylic acids is 3. The second kappa shape index (κ2) is 10.1. The van der Waals surface area contributed by atoms with Gasteiger partial charge in [0.05, 0.1) is 19.8 Å². The van der Waals surface area contributed by atoms with Gasteiger partial charge in [0.2, 0.25) is 5.91 Å². The Balaban J connectivity index is 1.69. The maximum Gasteiger partial charge on any atom is 0.407 e. The Hall–Kier alpha value is -2.61. The Morgan fingerprint density at radius 2 is 1.71 bits per heavy atom. The fraction of sp³-hybridized carbons (Fsp3) is 0.550. The molecule has 1 aromatic carbocycles. The topological polar surface area (TPSA) is 97.0 Å². The molecule has 154 valence electrons. The van der Waals surface area contributed by atoms with Gasteiger partial charge >= 0.3 is 6.09 Å². The Labute approximate surface area is 165 Å². The summed E-state index contributed by atoms with van der Waals surface area (Å²) in [6, 6.07) is 7.35. The molecule has 8 nitrogen and oxygen atoms in total. The van der Waals surface area contributed by atoms with Crippen LogP contribution in [0.1, 0.15) is 37.6 Å². The zero-order valence-electron chi connectivity index (χ0n) is 16.7. The summed E-state index contributed by atoms with van der Waals surface area (Å²) in [5.74, 6) is -0.476. The Morgan fingerprint density at radius 3 is 2.32 bits per heavy atom. The summed E-state index contributed by atoms with van der Waals surface area (Å²) < 4.78 is 10.4. The summed E-state index contributed by atoms with van der Waals surface area (Å²) in [6.45, 7) is 8.42. The van der Waals surface area contributed by atoms with Gasteiger partial charge in [-0.2, -0.15) is 0 Å². The minimum Gasteiger partial charge on any atom is -0.444 e. The third kappa shape index (κ3) is 7.56. The van der Waals surface area contributed by atoms with Crippen LogP contribution in [0.15, 0.2) is 24.3 Å². The number of nitrogens with zero attached hydrogens (tertiary/aromatic N) is 1. The third-order valence-corrected chi connectivity index (χ3v) is 4.03. The SMILES string of the molecule is CC(C)(C)OC(=O)NCCC(=O)NCC(=O)c1ccc(N2CCOCC2)cc1. The molecular formula is C20H29N3O5. The van der Waals surface area contributed by atoms with Gasteiger partial charge in [-0.25, -0.2) is 4.79 Å². The van der Waals surface area contributed by atoms with Crippen LogP contribution in [0.3, 0.4) is 0 Å². The molecule has 1 aliphatic heterocycles. The van der Waals surface area contributed by atoms with Crippen LogP contribution in [0.4, 0.5) is 10.5 Å². The van der Waals surface area contributed by atoms with Crippen molar-refractivity contribution >= 4 is 23.5 Å². The first-order valence-electron chi connectivity index (χ1n) is 9.44. The van der Waals surface area contributed by atoms with Gasteiger partial charge in [-0.05, 0) is 45.0 Å². The summed E-state index contributed by atoms with van der Waals surface area (Å²) in [4.78, 5) is 37.8. The van der Waals surface area contributed by atoms with E-state index < -0.39 is 11.7 Å². The van der Waals surface area contributed by atoms with Gasteiger partial charge in [0.25, 0.3) is 0 Å². The van der Waals surface area contributed by atoms with Crippen LogP contribution >= 0.6 is 0 Å². The van der Waals surface area contributed by atoms with Crippen LogP contribution in [0.25, 0.3) is 0 Å². The van der Waals surface area contributed by atoms with Crippen LogP contribution in [0.2, 0.25) is 0 Å². The minimum absolute atomic E-state index is 0.0719. The maximum atomic E-state index is 12.2. The Kier molecular flexibility index (Phi) is 7.80. The predicted octanol–water partition coefficient (Wildman–Crippen LogP) is 1.74. The van der Waals surface area contributed by atoms with Crippen molar-refractivity contribution in [3.63, 3.8) is 0 Å². The summed E-state index contributed by atoms with van der Waals surface area (Å²) in [5.41, 5.74) is 1.01. The Bertz CT molecular complexity index is 676. The highest BCUT2D eigenvalue weighted by Crippen LogP contribution is 2.16. The molecule has 1 saturated heterocycles. The average Bonchev–Trinajstić information content (AvgIpc) is 2.65. The van der Waals surface area contributed by atoms with E-state index in [4.69, 9.17) is 9.47 Å². The van der Waals surface area contributed by atoms with Crippen molar-refractivity contribution in [2.75, 3.05) is 44.3 Å². The number of morpholine rings is 1. The number of benzene rings is 1. The molecule has 0 aromatic heterocycles. The van der Waals surface area contributed by atoms with E-state index >= 15 is 0 Å². The number of Topliss-reactive ketones (excluding diaryl/α,β-unsaturated/α-hetero) is 1. The van der Waals surface area contributed by atoms with Gasteiger partial charge in [0.15, 0.2) is 5.78 Å². The highest BCUT2D eigenvalue weighted by atomic mass is 16.6. The molecule has 1 heterocycles. The quantitative estimate of drug-likeness (QED) is 0.687. The van der Waals surface area contributed by atoms with Gasteiger partial charge in [0, 0.05) is 37.3 Å². The number of alkyl carbamates (subject to hydrolysis) is 1. The molecule has 0 aliphatic carbocycles. The summed E-state index contributed by atoms with van der Waals surface area (Å²) in [5, 5.41) is 5.08. The van der Waals surface area contributed by atoms with Gasteiger partial charge in [-0.15, -0.1) is 0 Å². The molecule has 0 bridgehead atoms. The largest absolute Gasteiger partial charge is 0.444 e. The van der Waals surface area contributed by atoms with Crippen molar-refractivity contribution in [1.29, 1.82) is 0 Å². The number of amides is 2. The fourth-order valence-corrected chi connectivity index (χ4v) is 2.64. The Morgan fingerprint density at radius 1 is 1.07 bits per heavy atom. The molecule has 2 amide bonds. The van der Waals surface area contributed by atoms with Crippen LogP contribution < -0.4 is 15.5 Å². The summed E-state index contributed by atoms with van der Waals surface area (Å²) >= 11 is 0. The molecular weight excluding hydrogens is 362 g/mol. The van der Waals surface area contributed by atoms with E-state index in [1.807, 2.05) is 12.1 Å². The van der Waals surface area contributed by atoms with Crippen molar-refractivity contribution < 1.29 is 23.9 Å². The van der Waals surface area contributed by atoms with E-state index in [0.29, 0.717) is 18.8 Å². The van der Waals surface area contributed by atoms with Gasteiger partial charge in [-0.1, -0.05) is 0 Å². The maximum absolute atomic E-state index is 12.2. The minimum atomic E-state index is -0.587. The average molecular weight is 391 g/mol. The molecule has 0 spiro atoms. The molecule has 8 heteroatoms. The molecule has 1 aliphatic rings. The standard InChI is InChI=1S/C20H29N3O5/c1-20(2,3)28-19(26)21-9-8-18(25)22-14-17(24)15-4-6-16(7-5-15)23-10-12-27-13-11-23/h4-7H,8-14H2,1-3H3,(H,21,26)(H,22,25). The first-order valence-corrected chi connectivity index (χ1v) is 9.44. The molecule has 1 aromatic rings. The number of anilines is 1. The number of ketones is 1. The van der Waals surface area contributed by atoms with E-state index in [9.17, 15) is 14.4 Å². The molecule has 0 atom stereocenters. The lowest BCUT2D eigenvalue weighted by Gasteiger charge is -2.28. The number of nitrogens with one attached hydrogen (secondary N) is 2. The van der Waals surface area contributed by atoms with E-state index in [1.54, 1.807) is 32.9 Å². The number of hydrogen-bond donors (Lipinski definition) is 2. The van der Waals surface area contributed by atoms with Crippen LogP contribution in [0.5, 0.6) is 0 Å². The van der Waals surface area contributed by atoms with Crippen molar-refractivity contribution in [3.8, 4) is 0 Å². The van der Waals surface area contributed by atoms with Gasteiger partial charge in [0.1, 0.15) is 5.60 Å². The fourth-order valence-electron chi connectivity index (χ4n) is 2.64. The monoisotopic (exact) mass is 391 g/mol. The van der Waals surface area contributed by atoms with Crippen molar-refractivity contribution in [1.82, 2.24) is 10.6 Å². The van der Waals surface area contributed by atoms with E-state index in [1.165, 1.54) is 0 Å². The normalized spacial score (nSPS) is 14.3. The highest BCUT2D eigenvalue weighted by molar-refractivity contribution is 5.99. The second-order valence-electron chi connectivity index (χ2n) is 7.52. The number of ether oxygens (including phenoxy) is 2. The van der Waals surface area contributed by atoms with Crippen LogP contribution in [-0.4, -0.2) is 62.8 Å². The molecule has 0 saturated carbocycles. The number of hydrogen-bond acceptors (Lipinski definition) is 6. The van der Waals surface area contributed by atoms with Crippen LogP contribution in [-0.2, 0) is 14.3 Å². The predicted molar refractivity (Wildman–Crippen MR) is 106 cm³/mol. The van der Waals surface area contributed by atoms with Crippen molar-refractivity contribution in [3.05, 3.63) is 29.8 Å². The zero-order valence-corrected chi connectivity index (χ0v) is 16.7. The van der Waals surface area contributed by atoms with E-state index in [2.05, 4.69) is 15.5 Å². The lowest BCUT2D eigenvalue weighted by molar-refractivity contribution is -0.120. The lowest BCUT2D eigenvalue weighted by atomic mass is 10.1. The smallest absolute Gasteiger partial charge is 0.407 e. The molecule has 2 N–H and O–H groups in total. The molecule has 1 fully saturated rings. The first kappa shape index (κ1) is 21.7. The van der Waals surface area contributed by atoms with Gasteiger partial charge in [-0.3, -0.25) is 9.59 Å². The van der Waals surface area contributed by atoms with E-state index in [-0.39, 0.29) is 31.2 Å². The molecule has 2 rings (SSSR count). The highest BCUT2D eigenvalue weighted by Gasteiger charge is 2.16. The molecule has 28 heavy (non-hydrogen) atoms. The first-order chi connectivity index (χ1) is 13.2. The summed E-state index contributed by atoms with van der Waals surface area (Å²) in [7, 11) is 0. The number of rotatable bonds is 7. The lowest BCUT2D eigenvalue weighted by Crippen LogP contribution is -2.36. The van der Waals surface area contributed by atoms with E-state index in [0.717, 1.165) is 18.8 Å². The number of carbonyl (C=O) groups is 3. The third-order valence-electron chi connectivity index (χ3n) is 4.03.